The van der Waals surface area contributed by atoms with Crippen LogP contribution in [-0.2, 0) is 19.3 Å². The van der Waals surface area contributed by atoms with Gasteiger partial charge in [0.05, 0.1) is 10.7 Å². The van der Waals surface area contributed by atoms with E-state index in [2.05, 4.69) is 5.32 Å². The lowest BCUT2D eigenvalue weighted by atomic mass is 10.0. The standard InChI is InChI=1S/C21H21FN2O2S/c22-15-9-7-14(8-10-15)17-11-12-18(26-17)21(25)23-13-3-6-20-24-16-4-1-2-5-19(16)27-20/h7-12H,1-6,13H2,(H,23,25). The summed E-state index contributed by atoms with van der Waals surface area (Å²) in [5.74, 6) is 0.277. The van der Waals surface area contributed by atoms with E-state index in [4.69, 9.17) is 9.40 Å². The zero-order chi connectivity index (χ0) is 18.6. The Morgan fingerprint density at radius 3 is 2.78 bits per heavy atom. The van der Waals surface area contributed by atoms with Crippen molar-refractivity contribution >= 4 is 17.2 Å². The van der Waals surface area contributed by atoms with Crippen LogP contribution in [0.5, 0.6) is 0 Å². The molecule has 140 valence electrons. The summed E-state index contributed by atoms with van der Waals surface area (Å²) in [5.41, 5.74) is 2.03. The number of rotatable bonds is 6. The maximum atomic E-state index is 13.0. The van der Waals surface area contributed by atoms with Crippen LogP contribution in [-0.4, -0.2) is 17.4 Å². The fraction of sp³-hybridized carbons (Fsp3) is 0.333. The molecule has 2 heterocycles. The highest BCUT2D eigenvalue weighted by molar-refractivity contribution is 7.11. The van der Waals surface area contributed by atoms with Gasteiger partial charge in [-0.15, -0.1) is 11.3 Å². The molecule has 0 bridgehead atoms. The van der Waals surface area contributed by atoms with Crippen molar-refractivity contribution in [3.05, 3.63) is 63.6 Å². The first-order valence-corrected chi connectivity index (χ1v) is 10.1. The summed E-state index contributed by atoms with van der Waals surface area (Å²) in [6.07, 6.45) is 6.53. The molecule has 27 heavy (non-hydrogen) atoms. The molecule has 2 aromatic heterocycles. The lowest BCUT2D eigenvalue weighted by Gasteiger charge is -2.06. The van der Waals surface area contributed by atoms with Crippen LogP contribution in [0.2, 0.25) is 0 Å². The molecule has 0 unspecified atom stereocenters. The van der Waals surface area contributed by atoms with E-state index in [1.165, 1.54) is 47.0 Å². The monoisotopic (exact) mass is 384 g/mol. The molecule has 1 aliphatic rings. The summed E-state index contributed by atoms with van der Waals surface area (Å²) < 4.78 is 18.6. The van der Waals surface area contributed by atoms with Crippen LogP contribution in [0, 0.1) is 5.82 Å². The molecule has 4 rings (SSSR count). The predicted molar refractivity (Wildman–Crippen MR) is 104 cm³/mol. The van der Waals surface area contributed by atoms with Crippen molar-refractivity contribution in [2.45, 2.75) is 38.5 Å². The third-order valence-electron chi connectivity index (χ3n) is 4.70. The first kappa shape index (κ1) is 17.9. The minimum Gasteiger partial charge on any atom is -0.451 e. The summed E-state index contributed by atoms with van der Waals surface area (Å²) in [4.78, 5) is 18.4. The molecular formula is C21H21FN2O2S. The number of hydrogen-bond acceptors (Lipinski definition) is 4. The number of carbonyl (C=O) groups is 1. The Balaban J connectivity index is 1.27. The van der Waals surface area contributed by atoms with Gasteiger partial charge in [0.2, 0.25) is 0 Å². The normalized spacial score (nSPS) is 13.4. The average Bonchev–Trinajstić information content (AvgIpc) is 3.32. The largest absolute Gasteiger partial charge is 0.451 e. The summed E-state index contributed by atoms with van der Waals surface area (Å²) >= 11 is 1.82. The number of nitrogens with one attached hydrogen (secondary N) is 1. The number of fused-ring (bicyclic) bond motifs is 1. The molecule has 0 saturated carbocycles. The average molecular weight is 384 g/mol. The maximum Gasteiger partial charge on any atom is 0.287 e. The van der Waals surface area contributed by atoms with Crippen LogP contribution in [0.4, 0.5) is 4.39 Å². The number of benzene rings is 1. The van der Waals surface area contributed by atoms with Crippen molar-refractivity contribution in [3.63, 3.8) is 0 Å². The zero-order valence-electron chi connectivity index (χ0n) is 15.0. The van der Waals surface area contributed by atoms with Crippen molar-refractivity contribution in [2.75, 3.05) is 6.54 Å². The quantitative estimate of drug-likeness (QED) is 0.622. The van der Waals surface area contributed by atoms with Crippen LogP contribution >= 0.6 is 11.3 Å². The number of halogens is 1. The molecular weight excluding hydrogens is 363 g/mol. The Morgan fingerprint density at radius 1 is 1.15 bits per heavy atom. The lowest BCUT2D eigenvalue weighted by Crippen LogP contribution is -2.24. The van der Waals surface area contributed by atoms with Crippen molar-refractivity contribution in [3.8, 4) is 11.3 Å². The smallest absolute Gasteiger partial charge is 0.287 e. The van der Waals surface area contributed by atoms with Crippen LogP contribution in [0.15, 0.2) is 40.8 Å². The number of aryl methyl sites for hydroxylation is 3. The van der Waals surface area contributed by atoms with Gasteiger partial charge in [0, 0.05) is 23.4 Å². The van der Waals surface area contributed by atoms with E-state index in [1.807, 2.05) is 11.3 Å². The highest BCUT2D eigenvalue weighted by Crippen LogP contribution is 2.27. The molecule has 6 heteroatoms. The van der Waals surface area contributed by atoms with Gasteiger partial charge in [-0.2, -0.15) is 0 Å². The second kappa shape index (κ2) is 8.05. The van der Waals surface area contributed by atoms with Crippen molar-refractivity contribution in [1.29, 1.82) is 0 Å². The first-order valence-electron chi connectivity index (χ1n) is 9.30. The molecule has 0 aliphatic heterocycles. The van der Waals surface area contributed by atoms with E-state index in [1.54, 1.807) is 24.3 Å². The fourth-order valence-electron chi connectivity index (χ4n) is 3.27. The van der Waals surface area contributed by atoms with E-state index >= 15 is 0 Å². The molecule has 0 saturated heterocycles. The van der Waals surface area contributed by atoms with Gasteiger partial charge in [-0.25, -0.2) is 9.37 Å². The minimum absolute atomic E-state index is 0.234. The number of carbonyl (C=O) groups excluding carboxylic acids is 1. The number of hydrogen-bond donors (Lipinski definition) is 1. The molecule has 0 fully saturated rings. The second-order valence-electron chi connectivity index (χ2n) is 6.71. The number of aromatic nitrogens is 1. The van der Waals surface area contributed by atoms with Crippen LogP contribution in [0.25, 0.3) is 11.3 Å². The van der Waals surface area contributed by atoms with Gasteiger partial charge in [-0.1, -0.05) is 0 Å². The summed E-state index contributed by atoms with van der Waals surface area (Å²) in [6.45, 7) is 0.579. The summed E-state index contributed by atoms with van der Waals surface area (Å²) in [5, 5.41) is 4.06. The Bertz CT molecular complexity index is 907. The minimum atomic E-state index is -0.302. The predicted octanol–water partition coefficient (Wildman–Crippen LogP) is 4.78. The fourth-order valence-corrected chi connectivity index (χ4v) is 4.47. The molecule has 1 N–H and O–H groups in total. The highest BCUT2D eigenvalue weighted by Gasteiger charge is 2.15. The van der Waals surface area contributed by atoms with Crippen LogP contribution in [0.1, 0.15) is 45.4 Å². The van der Waals surface area contributed by atoms with Gasteiger partial charge in [0.1, 0.15) is 11.6 Å². The molecule has 3 aromatic rings. The molecule has 0 spiro atoms. The molecule has 1 aliphatic carbocycles. The van der Waals surface area contributed by atoms with Crippen LogP contribution < -0.4 is 5.32 Å². The first-order chi connectivity index (χ1) is 13.2. The number of thiazole rings is 1. The Morgan fingerprint density at radius 2 is 1.96 bits per heavy atom. The zero-order valence-corrected chi connectivity index (χ0v) is 15.8. The number of furan rings is 1. The van der Waals surface area contributed by atoms with Crippen LogP contribution in [0.3, 0.4) is 0 Å². The SMILES string of the molecule is O=C(NCCCc1nc2c(s1)CCCC2)c1ccc(-c2ccc(F)cc2)o1. The molecule has 1 aromatic carbocycles. The third-order valence-corrected chi connectivity index (χ3v) is 5.92. The molecule has 1 amide bonds. The molecule has 4 nitrogen and oxygen atoms in total. The third kappa shape index (κ3) is 4.27. The second-order valence-corrected chi connectivity index (χ2v) is 7.88. The van der Waals surface area contributed by atoms with Crippen molar-refractivity contribution < 1.29 is 13.6 Å². The Hall–Kier alpha value is -2.47. The van der Waals surface area contributed by atoms with Gasteiger partial charge < -0.3 is 9.73 Å². The highest BCUT2D eigenvalue weighted by atomic mass is 32.1. The number of nitrogens with zero attached hydrogens (tertiary/aromatic N) is 1. The van der Waals surface area contributed by atoms with Gasteiger partial charge in [0.25, 0.3) is 5.91 Å². The maximum absolute atomic E-state index is 13.0. The topological polar surface area (TPSA) is 55.1 Å². The van der Waals surface area contributed by atoms with Gasteiger partial charge in [-0.05, 0) is 68.5 Å². The van der Waals surface area contributed by atoms with E-state index in [0.717, 1.165) is 24.8 Å². The Kier molecular flexibility index (Phi) is 5.34. The number of amides is 1. The Labute approximate surface area is 161 Å². The summed E-state index contributed by atoms with van der Waals surface area (Å²) in [6, 6.07) is 9.36. The van der Waals surface area contributed by atoms with Crippen molar-refractivity contribution in [1.82, 2.24) is 10.3 Å². The van der Waals surface area contributed by atoms with E-state index in [-0.39, 0.29) is 17.5 Å². The van der Waals surface area contributed by atoms with E-state index in [9.17, 15) is 9.18 Å². The van der Waals surface area contributed by atoms with Gasteiger partial charge >= 0.3 is 0 Å². The molecule has 0 radical (unpaired) electrons. The van der Waals surface area contributed by atoms with Crippen molar-refractivity contribution in [2.24, 2.45) is 0 Å². The van der Waals surface area contributed by atoms with Gasteiger partial charge in [0.15, 0.2) is 5.76 Å². The summed E-state index contributed by atoms with van der Waals surface area (Å²) in [7, 11) is 0. The van der Waals surface area contributed by atoms with E-state index < -0.39 is 0 Å². The van der Waals surface area contributed by atoms with E-state index in [0.29, 0.717) is 12.3 Å². The lowest BCUT2D eigenvalue weighted by molar-refractivity contribution is 0.0926. The molecule has 0 atom stereocenters. The van der Waals surface area contributed by atoms with Gasteiger partial charge in [-0.3, -0.25) is 4.79 Å².